The van der Waals surface area contributed by atoms with Crippen LogP contribution >= 0.6 is 11.6 Å². The fourth-order valence-corrected chi connectivity index (χ4v) is 4.05. The van der Waals surface area contributed by atoms with Crippen molar-refractivity contribution in [3.63, 3.8) is 0 Å². The van der Waals surface area contributed by atoms with Crippen molar-refractivity contribution in [2.45, 2.75) is 38.6 Å². The molecule has 0 aliphatic heterocycles. The zero-order chi connectivity index (χ0) is 12.5. The van der Waals surface area contributed by atoms with Gasteiger partial charge in [-0.1, -0.05) is 30.2 Å². The molecule has 3 unspecified atom stereocenters. The summed E-state index contributed by atoms with van der Waals surface area (Å²) in [6.45, 7) is 3.41. The topological polar surface area (TPSA) is 12.0 Å². The van der Waals surface area contributed by atoms with Crippen molar-refractivity contribution in [1.29, 1.82) is 0 Å². The van der Waals surface area contributed by atoms with Gasteiger partial charge in [-0.3, -0.25) is 0 Å². The van der Waals surface area contributed by atoms with Gasteiger partial charge in [-0.15, -0.1) is 0 Å². The van der Waals surface area contributed by atoms with Gasteiger partial charge in [0.2, 0.25) is 0 Å². The van der Waals surface area contributed by atoms with Gasteiger partial charge in [-0.2, -0.15) is 0 Å². The molecule has 2 bridgehead atoms. The van der Waals surface area contributed by atoms with Crippen LogP contribution in [0, 0.1) is 17.8 Å². The first-order chi connectivity index (χ1) is 8.72. The van der Waals surface area contributed by atoms with Gasteiger partial charge >= 0.3 is 0 Å². The number of fused-ring (bicyclic) bond motifs is 2. The van der Waals surface area contributed by atoms with Gasteiger partial charge in [0.15, 0.2) is 0 Å². The molecular formula is C16H22ClN. The number of hydrogen-bond donors (Lipinski definition) is 1. The average molecular weight is 264 g/mol. The van der Waals surface area contributed by atoms with Crippen molar-refractivity contribution in [3.05, 3.63) is 34.9 Å². The lowest BCUT2D eigenvalue weighted by Crippen LogP contribution is -2.28. The minimum atomic E-state index is 0.405. The fraction of sp³-hybridized carbons (Fsp3) is 0.625. The van der Waals surface area contributed by atoms with Crippen LogP contribution in [-0.4, -0.2) is 6.54 Å². The van der Waals surface area contributed by atoms with E-state index in [1.807, 2.05) is 12.1 Å². The lowest BCUT2D eigenvalue weighted by atomic mass is 9.88. The SMILES string of the molecule is C[C@@H](NCC1CC2CCC1C2)c1cccc(Cl)c1. The molecule has 0 aromatic heterocycles. The van der Waals surface area contributed by atoms with Crippen molar-refractivity contribution in [1.82, 2.24) is 5.32 Å². The van der Waals surface area contributed by atoms with E-state index in [0.717, 1.165) is 22.8 Å². The molecule has 98 valence electrons. The molecule has 0 saturated heterocycles. The first kappa shape index (κ1) is 12.5. The molecule has 1 nitrogen and oxygen atoms in total. The summed E-state index contributed by atoms with van der Waals surface area (Å²) in [4.78, 5) is 0. The summed E-state index contributed by atoms with van der Waals surface area (Å²) in [6.07, 6.45) is 5.92. The van der Waals surface area contributed by atoms with Crippen LogP contribution in [-0.2, 0) is 0 Å². The van der Waals surface area contributed by atoms with Crippen LogP contribution in [0.3, 0.4) is 0 Å². The maximum atomic E-state index is 6.04. The van der Waals surface area contributed by atoms with Gasteiger partial charge in [-0.05, 0) is 68.2 Å². The molecule has 2 heteroatoms. The Hall–Kier alpha value is -0.530. The van der Waals surface area contributed by atoms with Crippen LogP contribution in [0.15, 0.2) is 24.3 Å². The van der Waals surface area contributed by atoms with E-state index in [1.54, 1.807) is 0 Å². The van der Waals surface area contributed by atoms with Crippen molar-refractivity contribution >= 4 is 11.6 Å². The normalized spacial score (nSPS) is 31.8. The van der Waals surface area contributed by atoms with Crippen LogP contribution in [0.5, 0.6) is 0 Å². The zero-order valence-electron chi connectivity index (χ0n) is 11.0. The van der Waals surface area contributed by atoms with E-state index in [0.29, 0.717) is 6.04 Å². The third-order valence-corrected chi connectivity index (χ3v) is 5.15. The van der Waals surface area contributed by atoms with Gasteiger partial charge in [0, 0.05) is 11.1 Å². The van der Waals surface area contributed by atoms with Crippen LogP contribution in [0.2, 0.25) is 5.02 Å². The fourth-order valence-electron chi connectivity index (χ4n) is 3.85. The van der Waals surface area contributed by atoms with Crippen LogP contribution in [0.25, 0.3) is 0 Å². The Labute approximate surface area is 115 Å². The summed E-state index contributed by atoms with van der Waals surface area (Å²) in [5.74, 6) is 2.97. The molecule has 1 aromatic carbocycles. The molecule has 0 spiro atoms. The van der Waals surface area contributed by atoms with Crippen molar-refractivity contribution < 1.29 is 0 Å². The van der Waals surface area contributed by atoms with Crippen molar-refractivity contribution in [2.24, 2.45) is 17.8 Å². The second kappa shape index (κ2) is 5.22. The lowest BCUT2D eigenvalue weighted by Gasteiger charge is -2.24. The summed E-state index contributed by atoms with van der Waals surface area (Å²) in [7, 11) is 0. The predicted octanol–water partition coefficient (Wildman–Crippen LogP) is 4.43. The molecule has 2 saturated carbocycles. The van der Waals surface area contributed by atoms with E-state index < -0.39 is 0 Å². The number of rotatable bonds is 4. The van der Waals surface area contributed by atoms with E-state index >= 15 is 0 Å². The molecule has 1 aromatic rings. The molecule has 2 aliphatic carbocycles. The van der Waals surface area contributed by atoms with Gasteiger partial charge in [0.1, 0.15) is 0 Å². The molecule has 1 N–H and O–H groups in total. The first-order valence-electron chi connectivity index (χ1n) is 7.21. The Balaban J connectivity index is 1.54. The highest BCUT2D eigenvalue weighted by atomic mass is 35.5. The van der Waals surface area contributed by atoms with Crippen LogP contribution < -0.4 is 5.32 Å². The summed E-state index contributed by atoms with van der Waals surface area (Å²) in [5.41, 5.74) is 1.30. The highest BCUT2D eigenvalue weighted by molar-refractivity contribution is 6.30. The smallest absolute Gasteiger partial charge is 0.0409 e. The second-order valence-electron chi connectivity index (χ2n) is 6.12. The molecule has 2 fully saturated rings. The number of benzene rings is 1. The molecule has 2 aliphatic rings. The van der Waals surface area contributed by atoms with E-state index in [2.05, 4.69) is 24.4 Å². The van der Waals surface area contributed by atoms with E-state index in [9.17, 15) is 0 Å². The zero-order valence-corrected chi connectivity index (χ0v) is 11.8. The molecule has 18 heavy (non-hydrogen) atoms. The Kier molecular flexibility index (Phi) is 3.63. The summed E-state index contributed by atoms with van der Waals surface area (Å²) in [6, 6.07) is 8.61. The number of nitrogens with one attached hydrogen (secondary N) is 1. The van der Waals surface area contributed by atoms with Gasteiger partial charge in [0.05, 0.1) is 0 Å². The Morgan fingerprint density at radius 1 is 1.33 bits per heavy atom. The minimum Gasteiger partial charge on any atom is -0.310 e. The maximum absolute atomic E-state index is 6.04. The van der Waals surface area contributed by atoms with Crippen molar-refractivity contribution in [3.8, 4) is 0 Å². The Morgan fingerprint density at radius 3 is 2.89 bits per heavy atom. The number of halogens is 1. The highest BCUT2D eigenvalue weighted by Crippen LogP contribution is 2.48. The molecule has 3 rings (SSSR count). The monoisotopic (exact) mass is 263 g/mol. The summed E-state index contributed by atoms with van der Waals surface area (Å²) in [5, 5.41) is 4.53. The molecular weight excluding hydrogens is 242 g/mol. The Morgan fingerprint density at radius 2 is 2.22 bits per heavy atom. The van der Waals surface area contributed by atoms with E-state index in [-0.39, 0.29) is 0 Å². The molecule has 0 radical (unpaired) electrons. The van der Waals surface area contributed by atoms with E-state index in [4.69, 9.17) is 11.6 Å². The third-order valence-electron chi connectivity index (χ3n) is 4.92. The molecule has 0 heterocycles. The second-order valence-corrected chi connectivity index (χ2v) is 6.56. The standard InChI is InChI=1S/C16H22ClN/c1-11(13-3-2-4-16(17)9-13)18-10-15-8-12-5-6-14(15)7-12/h2-4,9,11-12,14-15,18H,5-8,10H2,1H3/t11-,12?,14?,15?/m1/s1. The summed E-state index contributed by atoms with van der Waals surface area (Å²) >= 11 is 6.04. The Bertz CT molecular complexity index is 417. The van der Waals surface area contributed by atoms with Crippen LogP contribution in [0.4, 0.5) is 0 Å². The highest BCUT2D eigenvalue weighted by Gasteiger charge is 2.39. The van der Waals surface area contributed by atoms with Crippen molar-refractivity contribution in [2.75, 3.05) is 6.54 Å². The predicted molar refractivity (Wildman–Crippen MR) is 76.8 cm³/mol. The van der Waals surface area contributed by atoms with E-state index in [1.165, 1.54) is 37.8 Å². The molecule has 0 amide bonds. The van der Waals surface area contributed by atoms with Gasteiger partial charge < -0.3 is 5.32 Å². The molecule has 4 atom stereocenters. The lowest BCUT2D eigenvalue weighted by molar-refractivity contribution is 0.309. The maximum Gasteiger partial charge on any atom is 0.0409 e. The minimum absolute atomic E-state index is 0.405. The summed E-state index contributed by atoms with van der Waals surface area (Å²) < 4.78 is 0. The number of hydrogen-bond acceptors (Lipinski definition) is 1. The largest absolute Gasteiger partial charge is 0.310 e. The first-order valence-corrected chi connectivity index (χ1v) is 7.59. The van der Waals surface area contributed by atoms with Gasteiger partial charge in [0.25, 0.3) is 0 Å². The van der Waals surface area contributed by atoms with Gasteiger partial charge in [-0.25, -0.2) is 0 Å². The van der Waals surface area contributed by atoms with Crippen LogP contribution in [0.1, 0.15) is 44.2 Å². The quantitative estimate of drug-likeness (QED) is 0.848. The average Bonchev–Trinajstić information content (AvgIpc) is 2.98. The third kappa shape index (κ3) is 2.57.